The maximum Gasteiger partial charge on any atom is 0.308 e. The summed E-state index contributed by atoms with van der Waals surface area (Å²) in [6, 6.07) is 1.19. The lowest BCUT2D eigenvalue weighted by Gasteiger charge is -2.23. The minimum atomic E-state index is -0.849. The topological polar surface area (TPSA) is 79.3 Å². The van der Waals surface area contributed by atoms with Gasteiger partial charge in [-0.3, -0.25) is 14.6 Å². The number of carbonyl (C=O) groups excluding carboxylic acids is 1. The zero-order valence-corrected chi connectivity index (χ0v) is 11.8. The molecule has 2 atom stereocenters. The summed E-state index contributed by atoms with van der Waals surface area (Å²) in [7, 11) is 0. The van der Waals surface area contributed by atoms with Gasteiger partial charge < -0.3 is 10.4 Å². The highest BCUT2D eigenvalue weighted by atomic mass is 35.5. The molecule has 1 aliphatic rings. The van der Waals surface area contributed by atoms with Crippen LogP contribution in [0.1, 0.15) is 42.5 Å². The predicted octanol–water partition coefficient (Wildman–Crippen LogP) is 2.50. The molecule has 20 heavy (non-hydrogen) atoms. The van der Waals surface area contributed by atoms with E-state index in [1.54, 1.807) is 0 Å². The molecule has 0 bridgehead atoms. The molecule has 5 nitrogen and oxygen atoms in total. The quantitative estimate of drug-likeness (QED) is 0.840. The van der Waals surface area contributed by atoms with Crippen LogP contribution in [0.15, 0.2) is 18.5 Å². The fraction of sp³-hybridized carbons (Fsp3) is 0.500. The zero-order chi connectivity index (χ0) is 14.5. The van der Waals surface area contributed by atoms with Crippen LogP contribution >= 0.6 is 11.6 Å². The van der Waals surface area contributed by atoms with Crippen molar-refractivity contribution >= 4 is 23.5 Å². The molecule has 0 unspecified atom stereocenters. The molecular weight excluding hydrogens is 280 g/mol. The van der Waals surface area contributed by atoms with Crippen molar-refractivity contribution in [1.29, 1.82) is 0 Å². The minimum Gasteiger partial charge on any atom is -0.481 e. The van der Waals surface area contributed by atoms with Crippen molar-refractivity contribution in [2.45, 2.75) is 38.1 Å². The Morgan fingerprint density at radius 2 is 2.05 bits per heavy atom. The lowest BCUT2D eigenvalue weighted by molar-refractivity contribution is -0.142. The van der Waals surface area contributed by atoms with E-state index in [9.17, 15) is 14.7 Å². The number of halogens is 1. The Balaban J connectivity index is 2.12. The van der Waals surface area contributed by atoms with Gasteiger partial charge in [-0.05, 0) is 18.9 Å². The first kappa shape index (κ1) is 14.8. The van der Waals surface area contributed by atoms with Crippen LogP contribution in [0.5, 0.6) is 0 Å². The molecule has 2 rings (SSSR count). The second-order valence-corrected chi connectivity index (χ2v) is 5.43. The highest BCUT2D eigenvalue weighted by molar-refractivity contribution is 6.33. The largest absolute Gasteiger partial charge is 0.481 e. The van der Waals surface area contributed by atoms with Crippen LogP contribution in [0.3, 0.4) is 0 Å². The number of pyridine rings is 1. The maximum absolute atomic E-state index is 12.2. The number of nitrogens with one attached hydrogen (secondary N) is 1. The number of aromatic nitrogens is 1. The average molecular weight is 297 g/mol. The number of carboxylic acids is 1. The number of hydrogen-bond donors (Lipinski definition) is 2. The molecule has 0 radical (unpaired) electrons. The number of aliphatic carboxylic acids is 1. The van der Waals surface area contributed by atoms with E-state index in [0.717, 1.165) is 19.3 Å². The van der Waals surface area contributed by atoms with Gasteiger partial charge in [-0.15, -0.1) is 0 Å². The van der Waals surface area contributed by atoms with E-state index in [-0.39, 0.29) is 17.0 Å². The predicted molar refractivity (Wildman–Crippen MR) is 74.7 cm³/mol. The average Bonchev–Trinajstić information content (AvgIpc) is 2.64. The summed E-state index contributed by atoms with van der Waals surface area (Å²) in [5.74, 6) is -1.71. The minimum absolute atomic E-state index is 0.269. The SMILES string of the molecule is O=C(N[C@H]1CCCCC[C@H]1C(=O)O)c1ccncc1Cl. The number of carboxylic acid groups (broad SMARTS) is 1. The molecule has 0 aromatic carbocycles. The van der Waals surface area contributed by atoms with Crippen molar-refractivity contribution in [3.05, 3.63) is 29.0 Å². The molecule has 1 amide bonds. The first-order valence-electron chi connectivity index (χ1n) is 6.73. The zero-order valence-electron chi connectivity index (χ0n) is 11.0. The molecule has 1 heterocycles. The van der Waals surface area contributed by atoms with Crippen molar-refractivity contribution in [3.63, 3.8) is 0 Å². The van der Waals surface area contributed by atoms with Crippen LogP contribution in [-0.2, 0) is 4.79 Å². The fourth-order valence-electron chi connectivity index (χ4n) is 2.58. The van der Waals surface area contributed by atoms with Crippen molar-refractivity contribution in [3.8, 4) is 0 Å². The van der Waals surface area contributed by atoms with E-state index >= 15 is 0 Å². The summed E-state index contributed by atoms with van der Waals surface area (Å²) >= 11 is 5.93. The Kier molecular flexibility index (Phi) is 4.95. The summed E-state index contributed by atoms with van der Waals surface area (Å²) in [4.78, 5) is 27.3. The van der Waals surface area contributed by atoms with Crippen molar-refractivity contribution in [1.82, 2.24) is 10.3 Å². The Hall–Kier alpha value is -1.62. The number of hydrogen-bond acceptors (Lipinski definition) is 3. The van der Waals surface area contributed by atoms with E-state index in [2.05, 4.69) is 10.3 Å². The first-order chi connectivity index (χ1) is 9.59. The molecule has 0 spiro atoms. The molecule has 0 saturated heterocycles. The van der Waals surface area contributed by atoms with Crippen molar-refractivity contribution < 1.29 is 14.7 Å². The van der Waals surface area contributed by atoms with E-state index in [1.165, 1.54) is 18.5 Å². The van der Waals surface area contributed by atoms with Gasteiger partial charge in [0, 0.05) is 18.4 Å². The van der Waals surface area contributed by atoms with Gasteiger partial charge in [0.1, 0.15) is 0 Å². The highest BCUT2D eigenvalue weighted by Gasteiger charge is 2.31. The van der Waals surface area contributed by atoms with Crippen LogP contribution < -0.4 is 5.32 Å². The third kappa shape index (κ3) is 3.48. The van der Waals surface area contributed by atoms with Crippen LogP contribution in [-0.4, -0.2) is 28.0 Å². The van der Waals surface area contributed by atoms with Gasteiger partial charge in [0.15, 0.2) is 0 Å². The lowest BCUT2D eigenvalue weighted by Crippen LogP contribution is -2.42. The maximum atomic E-state index is 12.2. The van der Waals surface area contributed by atoms with Crippen LogP contribution in [0.2, 0.25) is 5.02 Å². The Bertz CT molecular complexity index is 507. The van der Waals surface area contributed by atoms with Crippen molar-refractivity contribution in [2.75, 3.05) is 0 Å². The third-order valence-electron chi connectivity index (χ3n) is 3.67. The molecular formula is C14H17ClN2O3. The fourth-order valence-corrected chi connectivity index (χ4v) is 2.79. The molecule has 1 saturated carbocycles. The Labute approximate surface area is 122 Å². The first-order valence-corrected chi connectivity index (χ1v) is 7.10. The summed E-state index contributed by atoms with van der Waals surface area (Å²) < 4.78 is 0. The normalized spacial score (nSPS) is 22.9. The van der Waals surface area contributed by atoms with Crippen LogP contribution in [0.4, 0.5) is 0 Å². The molecule has 108 valence electrons. The Morgan fingerprint density at radius 3 is 2.75 bits per heavy atom. The summed E-state index contributed by atoms with van der Waals surface area (Å²) in [6.07, 6.45) is 7.00. The Morgan fingerprint density at radius 1 is 1.30 bits per heavy atom. The second-order valence-electron chi connectivity index (χ2n) is 5.02. The summed E-state index contributed by atoms with van der Waals surface area (Å²) in [5.41, 5.74) is 0.329. The van der Waals surface area contributed by atoms with Gasteiger partial charge in [0.2, 0.25) is 0 Å². The van der Waals surface area contributed by atoms with Gasteiger partial charge in [-0.25, -0.2) is 0 Å². The van der Waals surface area contributed by atoms with Gasteiger partial charge >= 0.3 is 5.97 Å². The van der Waals surface area contributed by atoms with Gasteiger partial charge in [-0.1, -0.05) is 30.9 Å². The van der Waals surface area contributed by atoms with Gasteiger partial charge in [0.25, 0.3) is 5.91 Å². The summed E-state index contributed by atoms with van der Waals surface area (Å²) in [6.45, 7) is 0. The molecule has 0 aliphatic heterocycles. The van der Waals surface area contributed by atoms with Gasteiger partial charge in [0.05, 0.1) is 16.5 Å². The number of nitrogens with zero attached hydrogens (tertiary/aromatic N) is 1. The van der Waals surface area contributed by atoms with E-state index in [4.69, 9.17) is 11.6 Å². The standard InChI is InChI=1S/C14H17ClN2O3/c15-11-8-16-7-6-9(11)13(18)17-12-5-3-1-2-4-10(12)14(19)20/h6-8,10,12H,1-5H2,(H,17,18)(H,19,20)/t10-,12+/m1/s1. The number of carbonyl (C=O) groups is 2. The van der Waals surface area contributed by atoms with Crippen molar-refractivity contribution in [2.24, 2.45) is 5.92 Å². The smallest absolute Gasteiger partial charge is 0.308 e. The third-order valence-corrected chi connectivity index (χ3v) is 3.97. The van der Waals surface area contributed by atoms with Crippen LogP contribution in [0, 0.1) is 5.92 Å². The molecule has 1 aliphatic carbocycles. The van der Waals surface area contributed by atoms with Gasteiger partial charge in [-0.2, -0.15) is 0 Å². The van der Waals surface area contributed by atoms with E-state index in [1.807, 2.05) is 0 Å². The van der Waals surface area contributed by atoms with E-state index < -0.39 is 11.9 Å². The monoisotopic (exact) mass is 296 g/mol. The lowest BCUT2D eigenvalue weighted by atomic mass is 9.94. The van der Waals surface area contributed by atoms with E-state index in [0.29, 0.717) is 18.4 Å². The summed E-state index contributed by atoms with van der Waals surface area (Å²) in [5, 5.41) is 12.4. The molecule has 1 aromatic heterocycles. The molecule has 6 heteroatoms. The number of rotatable bonds is 3. The molecule has 1 fully saturated rings. The number of amides is 1. The molecule has 1 aromatic rings. The second kappa shape index (κ2) is 6.70. The molecule has 2 N–H and O–H groups in total. The highest BCUT2D eigenvalue weighted by Crippen LogP contribution is 2.24. The van der Waals surface area contributed by atoms with Crippen LogP contribution in [0.25, 0.3) is 0 Å².